The van der Waals surface area contributed by atoms with Crippen LogP contribution in [0.15, 0.2) is 16.9 Å². The van der Waals surface area contributed by atoms with Gasteiger partial charge in [-0.15, -0.1) is 5.10 Å². The molecule has 0 aromatic carbocycles. The summed E-state index contributed by atoms with van der Waals surface area (Å²) in [4.78, 5) is 13.6. The summed E-state index contributed by atoms with van der Waals surface area (Å²) in [5, 5.41) is 10.5. The molecule has 17 heavy (non-hydrogen) atoms. The van der Waals surface area contributed by atoms with Crippen LogP contribution in [0.25, 0.3) is 5.65 Å². The van der Waals surface area contributed by atoms with Crippen LogP contribution in [0.5, 0.6) is 0 Å². The highest BCUT2D eigenvalue weighted by atomic mass is 16.2. The number of hydrogen-bond donors (Lipinski definition) is 2. The van der Waals surface area contributed by atoms with Crippen LogP contribution in [-0.2, 0) is 0 Å². The molecule has 7 nitrogen and oxygen atoms in total. The van der Waals surface area contributed by atoms with Crippen LogP contribution in [0, 0.1) is 0 Å². The van der Waals surface area contributed by atoms with Crippen molar-refractivity contribution in [3.05, 3.63) is 22.6 Å². The molecule has 0 radical (unpaired) electrons. The number of nitrogens with zero attached hydrogens (tertiary/aromatic N) is 4. The molecule has 2 aromatic heterocycles. The summed E-state index contributed by atoms with van der Waals surface area (Å²) in [6, 6.07) is 3.95. The van der Waals surface area contributed by atoms with Gasteiger partial charge in [-0.25, -0.2) is 9.89 Å². The van der Waals surface area contributed by atoms with E-state index in [4.69, 9.17) is 5.73 Å². The first-order valence-electron chi connectivity index (χ1n) is 5.69. The predicted octanol–water partition coefficient (Wildman–Crippen LogP) is -0.655. The molecule has 7 heteroatoms. The van der Waals surface area contributed by atoms with E-state index < -0.39 is 0 Å². The number of anilines is 1. The Bertz CT molecular complexity index is 580. The number of fused-ring (bicyclic) bond motifs is 1. The van der Waals surface area contributed by atoms with Crippen molar-refractivity contribution in [2.75, 3.05) is 18.0 Å². The third-order valence-electron chi connectivity index (χ3n) is 3.12. The number of piperidine rings is 1. The van der Waals surface area contributed by atoms with Crippen molar-refractivity contribution in [2.24, 2.45) is 5.73 Å². The molecule has 0 atom stereocenters. The number of rotatable bonds is 1. The monoisotopic (exact) mass is 234 g/mol. The third-order valence-corrected chi connectivity index (χ3v) is 3.12. The second-order valence-electron chi connectivity index (χ2n) is 4.31. The average Bonchev–Trinajstić information content (AvgIpc) is 2.72. The van der Waals surface area contributed by atoms with E-state index in [0.29, 0.717) is 5.65 Å². The molecule has 90 valence electrons. The van der Waals surface area contributed by atoms with Crippen LogP contribution in [0.2, 0.25) is 0 Å². The van der Waals surface area contributed by atoms with E-state index >= 15 is 0 Å². The molecule has 1 aliphatic heterocycles. The van der Waals surface area contributed by atoms with Crippen LogP contribution >= 0.6 is 0 Å². The van der Waals surface area contributed by atoms with Gasteiger partial charge in [0.1, 0.15) is 5.82 Å². The largest absolute Gasteiger partial charge is 0.364 e. The van der Waals surface area contributed by atoms with Crippen molar-refractivity contribution < 1.29 is 0 Å². The first-order chi connectivity index (χ1) is 8.24. The Morgan fingerprint density at radius 3 is 2.88 bits per heavy atom. The molecule has 3 rings (SSSR count). The quantitative estimate of drug-likeness (QED) is 0.683. The zero-order valence-electron chi connectivity index (χ0n) is 9.33. The zero-order valence-corrected chi connectivity index (χ0v) is 9.33. The summed E-state index contributed by atoms with van der Waals surface area (Å²) in [6.07, 6.45) is 1.92. The Hall–Kier alpha value is -1.89. The second-order valence-corrected chi connectivity index (χ2v) is 4.31. The van der Waals surface area contributed by atoms with Gasteiger partial charge in [0.05, 0.1) is 0 Å². The highest BCUT2D eigenvalue weighted by molar-refractivity contribution is 5.45. The first kappa shape index (κ1) is 10.3. The Balaban J connectivity index is 1.95. The fourth-order valence-corrected chi connectivity index (χ4v) is 2.09. The van der Waals surface area contributed by atoms with Gasteiger partial charge in [-0.05, 0) is 25.0 Å². The van der Waals surface area contributed by atoms with Crippen LogP contribution in [-0.4, -0.2) is 38.9 Å². The molecule has 0 aliphatic carbocycles. The van der Waals surface area contributed by atoms with Gasteiger partial charge in [-0.3, -0.25) is 0 Å². The summed E-state index contributed by atoms with van der Waals surface area (Å²) in [7, 11) is 0. The van der Waals surface area contributed by atoms with Gasteiger partial charge in [0.25, 0.3) is 0 Å². The lowest BCUT2D eigenvalue weighted by atomic mass is 10.1. The molecular weight excluding hydrogens is 220 g/mol. The van der Waals surface area contributed by atoms with E-state index in [0.717, 1.165) is 31.7 Å². The lowest BCUT2D eigenvalue weighted by Crippen LogP contribution is -2.40. The van der Waals surface area contributed by atoms with Crippen molar-refractivity contribution >= 4 is 11.5 Å². The third kappa shape index (κ3) is 1.78. The van der Waals surface area contributed by atoms with Crippen molar-refractivity contribution in [2.45, 2.75) is 18.9 Å². The van der Waals surface area contributed by atoms with Crippen molar-refractivity contribution in [3.8, 4) is 0 Å². The van der Waals surface area contributed by atoms with E-state index in [1.807, 2.05) is 6.07 Å². The number of hydrogen-bond acceptors (Lipinski definition) is 5. The van der Waals surface area contributed by atoms with Gasteiger partial charge in [-0.2, -0.15) is 9.61 Å². The number of H-pyrrole nitrogens is 1. The summed E-state index contributed by atoms with van der Waals surface area (Å²) >= 11 is 0. The van der Waals surface area contributed by atoms with Gasteiger partial charge < -0.3 is 10.6 Å². The number of aromatic amines is 1. The van der Waals surface area contributed by atoms with Gasteiger partial charge in [0.15, 0.2) is 5.65 Å². The van der Waals surface area contributed by atoms with Crippen LogP contribution in [0.3, 0.4) is 0 Å². The van der Waals surface area contributed by atoms with Gasteiger partial charge in [0.2, 0.25) is 0 Å². The lowest BCUT2D eigenvalue weighted by Gasteiger charge is -2.30. The maximum absolute atomic E-state index is 11.4. The van der Waals surface area contributed by atoms with E-state index in [-0.39, 0.29) is 11.7 Å². The fraction of sp³-hybridized carbons (Fsp3) is 0.500. The van der Waals surface area contributed by atoms with Gasteiger partial charge in [0, 0.05) is 19.1 Å². The minimum Gasteiger partial charge on any atom is -0.355 e. The van der Waals surface area contributed by atoms with Crippen LogP contribution in [0.1, 0.15) is 12.8 Å². The molecule has 3 heterocycles. The Kier molecular flexibility index (Phi) is 2.32. The standard InChI is InChI=1S/C10H14N6O/c11-7-3-5-15(6-4-7)9-2-1-8-12-13-10(17)16(8)14-9/h1-2,7H,3-6,11H2,(H,13,17). The normalized spacial score (nSPS) is 17.8. The molecule has 0 amide bonds. The molecule has 0 unspecified atom stereocenters. The fourth-order valence-electron chi connectivity index (χ4n) is 2.09. The molecule has 0 saturated carbocycles. The predicted molar refractivity (Wildman–Crippen MR) is 63.0 cm³/mol. The number of nitrogens with one attached hydrogen (secondary N) is 1. The van der Waals surface area contributed by atoms with E-state index in [1.54, 1.807) is 6.07 Å². The van der Waals surface area contributed by atoms with Crippen molar-refractivity contribution in [1.82, 2.24) is 19.8 Å². The van der Waals surface area contributed by atoms with Gasteiger partial charge >= 0.3 is 5.69 Å². The highest BCUT2D eigenvalue weighted by Crippen LogP contribution is 2.16. The van der Waals surface area contributed by atoms with Crippen molar-refractivity contribution in [1.29, 1.82) is 0 Å². The van der Waals surface area contributed by atoms with Crippen molar-refractivity contribution in [3.63, 3.8) is 0 Å². The Morgan fingerprint density at radius 1 is 1.35 bits per heavy atom. The lowest BCUT2D eigenvalue weighted by molar-refractivity contribution is 0.497. The number of nitrogens with two attached hydrogens (primary N) is 1. The second kappa shape index (κ2) is 3.85. The molecule has 0 bridgehead atoms. The summed E-state index contributed by atoms with van der Waals surface area (Å²) < 4.78 is 1.28. The van der Waals surface area contributed by atoms with Crippen LogP contribution in [0.4, 0.5) is 5.82 Å². The summed E-state index contributed by atoms with van der Waals surface area (Å²) in [5.74, 6) is 0.799. The molecule has 1 aliphatic rings. The van der Waals surface area contributed by atoms with E-state index in [9.17, 15) is 4.79 Å². The maximum Gasteiger partial charge on any atom is 0.364 e. The van der Waals surface area contributed by atoms with Crippen LogP contribution < -0.4 is 16.3 Å². The minimum atomic E-state index is -0.310. The molecular formula is C10H14N6O. The molecule has 3 N–H and O–H groups in total. The molecule has 2 aromatic rings. The Labute approximate surface area is 97.2 Å². The summed E-state index contributed by atoms with van der Waals surface area (Å²) in [6.45, 7) is 1.76. The molecule has 0 spiro atoms. The average molecular weight is 234 g/mol. The van der Waals surface area contributed by atoms with E-state index in [1.165, 1.54) is 4.52 Å². The SMILES string of the molecule is NC1CCN(c2ccc3n[nH]c(=O)n3n2)CC1. The number of aromatic nitrogens is 4. The zero-order chi connectivity index (χ0) is 11.8. The topological polar surface area (TPSA) is 92.3 Å². The highest BCUT2D eigenvalue weighted by Gasteiger charge is 2.17. The van der Waals surface area contributed by atoms with E-state index in [2.05, 4.69) is 20.2 Å². The first-order valence-corrected chi connectivity index (χ1v) is 5.69. The smallest absolute Gasteiger partial charge is 0.355 e. The summed E-state index contributed by atoms with van der Waals surface area (Å²) in [5.41, 5.74) is 6.08. The molecule has 1 fully saturated rings. The maximum atomic E-state index is 11.4. The van der Waals surface area contributed by atoms with Gasteiger partial charge in [-0.1, -0.05) is 0 Å². The molecule has 1 saturated heterocycles. The minimum absolute atomic E-state index is 0.284. The Morgan fingerprint density at radius 2 is 2.12 bits per heavy atom.